The minimum Gasteiger partial charge on any atom is -0.497 e. The first-order valence-electron chi connectivity index (χ1n) is 6.52. The second-order valence-electron chi connectivity index (χ2n) is 4.55. The van der Waals surface area contributed by atoms with Crippen LogP contribution in [0.25, 0.3) is 0 Å². The first kappa shape index (κ1) is 14.9. The van der Waals surface area contributed by atoms with Gasteiger partial charge in [-0.1, -0.05) is 23.9 Å². The van der Waals surface area contributed by atoms with Crippen molar-refractivity contribution in [3.63, 3.8) is 0 Å². The second-order valence-corrected chi connectivity index (χ2v) is 5.52. The molecule has 0 fully saturated rings. The number of nitrogens with one attached hydrogen (secondary N) is 1. The molecule has 0 saturated heterocycles. The topological polar surface area (TPSA) is 47.3 Å². The highest BCUT2D eigenvalue weighted by Gasteiger charge is 2.13. The molecule has 0 spiro atoms. The number of benzene rings is 1. The predicted molar refractivity (Wildman–Crippen MR) is 81.5 cm³/mol. The molecule has 1 atom stereocenters. The minimum absolute atomic E-state index is 0.225. The summed E-state index contributed by atoms with van der Waals surface area (Å²) in [7, 11) is 3.64. The third-order valence-electron chi connectivity index (χ3n) is 3.23. The molecular weight excluding hydrogens is 272 g/mol. The summed E-state index contributed by atoms with van der Waals surface area (Å²) in [5.74, 6) is 2.61. The van der Waals surface area contributed by atoms with Crippen LogP contribution in [0.4, 0.5) is 0 Å². The highest BCUT2D eigenvalue weighted by atomic mass is 32.2. The largest absolute Gasteiger partial charge is 0.497 e. The fourth-order valence-electron chi connectivity index (χ4n) is 1.86. The van der Waals surface area contributed by atoms with Gasteiger partial charge in [-0.25, -0.2) is 4.98 Å². The van der Waals surface area contributed by atoms with Crippen LogP contribution in [0.2, 0.25) is 0 Å². The van der Waals surface area contributed by atoms with E-state index >= 15 is 0 Å². The Morgan fingerprint density at radius 2 is 2.20 bits per heavy atom. The summed E-state index contributed by atoms with van der Waals surface area (Å²) < 4.78 is 10.9. The van der Waals surface area contributed by atoms with Crippen molar-refractivity contribution < 1.29 is 9.15 Å². The normalized spacial score (nSPS) is 12.4. The van der Waals surface area contributed by atoms with Gasteiger partial charge in [-0.2, -0.15) is 0 Å². The lowest BCUT2D eigenvalue weighted by molar-refractivity contribution is 0.413. The molecule has 1 aromatic carbocycles. The number of aromatic nitrogens is 1. The van der Waals surface area contributed by atoms with E-state index < -0.39 is 0 Å². The van der Waals surface area contributed by atoms with Crippen LogP contribution in [0.15, 0.2) is 33.9 Å². The third-order valence-corrected chi connectivity index (χ3v) is 4.15. The van der Waals surface area contributed by atoms with Gasteiger partial charge in [0.1, 0.15) is 11.5 Å². The lowest BCUT2D eigenvalue weighted by Crippen LogP contribution is -2.18. The molecule has 0 aliphatic rings. The van der Waals surface area contributed by atoms with Gasteiger partial charge in [0.25, 0.3) is 5.22 Å². The first-order chi connectivity index (χ1) is 9.63. The molecule has 0 amide bonds. The number of hydrogen-bond acceptors (Lipinski definition) is 5. The lowest BCUT2D eigenvalue weighted by Gasteiger charge is -2.16. The van der Waals surface area contributed by atoms with Crippen molar-refractivity contribution in [1.29, 1.82) is 0 Å². The van der Waals surface area contributed by atoms with Crippen LogP contribution >= 0.6 is 11.8 Å². The van der Waals surface area contributed by atoms with Crippen molar-refractivity contribution >= 4 is 11.8 Å². The van der Waals surface area contributed by atoms with E-state index in [1.165, 1.54) is 5.56 Å². The van der Waals surface area contributed by atoms with Crippen molar-refractivity contribution in [3.05, 3.63) is 41.3 Å². The van der Waals surface area contributed by atoms with E-state index in [0.717, 1.165) is 28.2 Å². The smallest absolute Gasteiger partial charge is 0.256 e. The van der Waals surface area contributed by atoms with E-state index in [0.29, 0.717) is 0 Å². The van der Waals surface area contributed by atoms with Crippen LogP contribution < -0.4 is 10.1 Å². The third kappa shape index (κ3) is 3.55. The van der Waals surface area contributed by atoms with Gasteiger partial charge in [0.05, 0.1) is 12.8 Å². The van der Waals surface area contributed by atoms with Gasteiger partial charge in [0.2, 0.25) is 0 Å². The van der Waals surface area contributed by atoms with Crippen LogP contribution in [0.5, 0.6) is 5.75 Å². The van der Waals surface area contributed by atoms with E-state index in [1.54, 1.807) is 18.9 Å². The van der Waals surface area contributed by atoms with E-state index in [9.17, 15) is 0 Å². The van der Waals surface area contributed by atoms with Gasteiger partial charge in [0, 0.05) is 11.8 Å². The monoisotopic (exact) mass is 292 g/mol. The number of methoxy groups -OCH3 is 1. The summed E-state index contributed by atoms with van der Waals surface area (Å²) in [5, 5.41) is 4.04. The number of aryl methyl sites for hydroxylation is 2. The van der Waals surface area contributed by atoms with E-state index in [2.05, 4.69) is 16.4 Å². The lowest BCUT2D eigenvalue weighted by atomic mass is 10.1. The van der Waals surface area contributed by atoms with Crippen molar-refractivity contribution in [1.82, 2.24) is 10.3 Å². The van der Waals surface area contributed by atoms with Gasteiger partial charge < -0.3 is 14.5 Å². The highest BCUT2D eigenvalue weighted by Crippen LogP contribution is 2.27. The summed E-state index contributed by atoms with van der Waals surface area (Å²) in [6, 6.07) is 8.32. The molecule has 0 aliphatic heterocycles. The van der Waals surface area contributed by atoms with Crippen LogP contribution in [-0.4, -0.2) is 24.9 Å². The number of nitrogens with zero attached hydrogens (tertiary/aromatic N) is 1. The maximum Gasteiger partial charge on any atom is 0.256 e. The molecule has 0 bridgehead atoms. The zero-order valence-corrected chi connectivity index (χ0v) is 13.1. The van der Waals surface area contributed by atoms with Crippen molar-refractivity contribution in [2.24, 2.45) is 0 Å². The second kappa shape index (κ2) is 6.81. The fourth-order valence-corrected chi connectivity index (χ4v) is 2.92. The standard InChI is InChI=1S/C15H20N2O2S/c1-10-11(2)19-15(17-10)20-9-14(16-3)12-6-5-7-13(8-12)18-4/h5-8,14,16H,9H2,1-4H3. The Hall–Kier alpha value is -1.46. The first-order valence-corrected chi connectivity index (χ1v) is 7.50. The number of hydrogen-bond donors (Lipinski definition) is 1. The predicted octanol–water partition coefficient (Wildman–Crippen LogP) is 3.35. The molecule has 0 radical (unpaired) electrons. The number of rotatable bonds is 6. The Labute approximate surface area is 123 Å². The molecule has 5 heteroatoms. The number of oxazole rings is 1. The molecule has 2 rings (SSSR count). The van der Waals surface area contributed by atoms with Crippen LogP contribution in [0.1, 0.15) is 23.1 Å². The average molecular weight is 292 g/mol. The molecule has 1 heterocycles. The molecule has 2 aromatic rings. The molecule has 1 aromatic heterocycles. The van der Waals surface area contributed by atoms with Crippen LogP contribution in [-0.2, 0) is 0 Å². The van der Waals surface area contributed by atoms with Gasteiger partial charge in [-0.05, 0) is 38.6 Å². The van der Waals surface area contributed by atoms with Gasteiger partial charge in [-0.15, -0.1) is 0 Å². The maximum absolute atomic E-state index is 5.59. The fraction of sp³-hybridized carbons (Fsp3) is 0.400. The summed E-state index contributed by atoms with van der Waals surface area (Å²) in [5.41, 5.74) is 2.15. The Morgan fingerprint density at radius 1 is 1.40 bits per heavy atom. The zero-order valence-electron chi connectivity index (χ0n) is 12.3. The Kier molecular flexibility index (Phi) is 5.09. The summed E-state index contributed by atoms with van der Waals surface area (Å²) in [4.78, 5) is 4.39. The van der Waals surface area contributed by atoms with Crippen molar-refractivity contribution in [2.45, 2.75) is 25.1 Å². The van der Waals surface area contributed by atoms with E-state index in [1.807, 2.05) is 39.1 Å². The number of thioether (sulfide) groups is 1. The van der Waals surface area contributed by atoms with Crippen LogP contribution in [0.3, 0.4) is 0 Å². The molecule has 1 unspecified atom stereocenters. The molecule has 4 nitrogen and oxygen atoms in total. The van der Waals surface area contributed by atoms with Gasteiger partial charge in [-0.3, -0.25) is 0 Å². The van der Waals surface area contributed by atoms with E-state index in [4.69, 9.17) is 9.15 Å². The quantitative estimate of drug-likeness (QED) is 0.827. The Morgan fingerprint density at radius 3 is 2.80 bits per heavy atom. The highest BCUT2D eigenvalue weighted by molar-refractivity contribution is 7.99. The zero-order chi connectivity index (χ0) is 14.5. The number of ether oxygens (including phenoxy) is 1. The van der Waals surface area contributed by atoms with E-state index in [-0.39, 0.29) is 6.04 Å². The Balaban J connectivity index is 2.04. The van der Waals surface area contributed by atoms with Crippen molar-refractivity contribution in [3.8, 4) is 5.75 Å². The van der Waals surface area contributed by atoms with Crippen LogP contribution in [0, 0.1) is 13.8 Å². The molecule has 1 N–H and O–H groups in total. The summed E-state index contributed by atoms with van der Waals surface area (Å²) >= 11 is 1.62. The molecular formula is C15H20N2O2S. The molecule has 108 valence electrons. The summed E-state index contributed by atoms with van der Waals surface area (Å²) in [6.45, 7) is 3.89. The minimum atomic E-state index is 0.225. The maximum atomic E-state index is 5.59. The molecule has 20 heavy (non-hydrogen) atoms. The SMILES string of the molecule is CNC(CSc1nc(C)c(C)o1)c1cccc(OC)c1. The molecule has 0 saturated carbocycles. The van der Waals surface area contributed by atoms with Gasteiger partial charge >= 0.3 is 0 Å². The van der Waals surface area contributed by atoms with Crippen molar-refractivity contribution in [2.75, 3.05) is 19.9 Å². The summed E-state index contributed by atoms with van der Waals surface area (Å²) in [6.07, 6.45) is 0. The Bertz CT molecular complexity index is 549. The average Bonchev–Trinajstić information content (AvgIpc) is 2.78. The molecule has 0 aliphatic carbocycles. The van der Waals surface area contributed by atoms with Gasteiger partial charge in [0.15, 0.2) is 0 Å².